The van der Waals surface area contributed by atoms with Crippen molar-refractivity contribution in [2.45, 2.75) is 30.7 Å². The van der Waals surface area contributed by atoms with Crippen LogP contribution >= 0.6 is 0 Å². The number of nitrogens with one attached hydrogen (secondary N) is 1. The molecule has 0 saturated carbocycles. The van der Waals surface area contributed by atoms with Gasteiger partial charge in [-0.3, -0.25) is 14.9 Å². The Labute approximate surface area is 138 Å². The summed E-state index contributed by atoms with van der Waals surface area (Å²) in [5.41, 5.74) is -0.0979. The minimum absolute atomic E-state index is 0.0299. The quantitative estimate of drug-likeness (QED) is 0.581. The number of nitro groups is 1. The number of rotatable bonds is 7. The zero-order chi connectivity index (χ0) is 17.9. The van der Waals surface area contributed by atoms with Crippen LogP contribution in [0.1, 0.15) is 19.8 Å². The van der Waals surface area contributed by atoms with Gasteiger partial charge in [-0.25, -0.2) is 13.1 Å². The van der Waals surface area contributed by atoms with Crippen molar-refractivity contribution in [2.24, 2.45) is 0 Å². The van der Waals surface area contributed by atoms with E-state index in [9.17, 15) is 23.3 Å². The highest BCUT2D eigenvalue weighted by molar-refractivity contribution is 7.89. The average molecular weight is 352 g/mol. The fraction of sp³-hybridized carbons (Fsp3) is 0.267. The summed E-state index contributed by atoms with van der Waals surface area (Å²) in [7, 11) is -3.84. The van der Waals surface area contributed by atoms with Crippen molar-refractivity contribution in [1.82, 2.24) is 4.72 Å². The van der Waals surface area contributed by atoms with E-state index in [-0.39, 0.29) is 23.4 Å². The van der Waals surface area contributed by atoms with Crippen molar-refractivity contribution in [3.63, 3.8) is 0 Å². The molecule has 0 amide bonds. The Balaban J connectivity index is 2.31. The lowest BCUT2D eigenvalue weighted by atomic mass is 10.1. The van der Waals surface area contributed by atoms with Crippen LogP contribution < -0.4 is 4.72 Å². The summed E-state index contributed by atoms with van der Waals surface area (Å²) < 4.78 is 27.1. The van der Waals surface area contributed by atoms with Gasteiger partial charge in [0.2, 0.25) is 10.0 Å². The Hall–Kier alpha value is -2.52. The Bertz CT molecular complexity index is 894. The van der Waals surface area contributed by atoms with Gasteiger partial charge in [0.05, 0.1) is 15.2 Å². The third kappa shape index (κ3) is 4.06. The first-order valence-corrected chi connectivity index (χ1v) is 8.60. The highest BCUT2D eigenvalue weighted by Crippen LogP contribution is 2.27. The molecule has 0 spiro atoms. The number of nitro benzene ring substituents is 1. The van der Waals surface area contributed by atoms with Crippen LogP contribution in [0.2, 0.25) is 0 Å². The van der Waals surface area contributed by atoms with Crippen molar-refractivity contribution in [1.29, 1.82) is 0 Å². The first-order valence-electron chi connectivity index (χ1n) is 7.12. The van der Waals surface area contributed by atoms with Crippen molar-refractivity contribution in [3.8, 4) is 0 Å². The van der Waals surface area contributed by atoms with Crippen LogP contribution in [0.5, 0.6) is 0 Å². The molecule has 0 aliphatic rings. The Morgan fingerprint density at radius 3 is 2.67 bits per heavy atom. The minimum atomic E-state index is -3.84. The van der Waals surface area contributed by atoms with Gasteiger partial charge in [0, 0.05) is 18.5 Å². The number of hydrogen-bond acceptors (Lipinski definition) is 5. The molecule has 1 atom stereocenters. The second kappa shape index (κ2) is 6.93. The highest BCUT2D eigenvalue weighted by atomic mass is 32.2. The van der Waals surface area contributed by atoms with Crippen LogP contribution in [-0.2, 0) is 14.8 Å². The Kier molecular flexibility index (Phi) is 5.15. The molecule has 0 saturated heterocycles. The fourth-order valence-electron chi connectivity index (χ4n) is 2.30. The van der Waals surface area contributed by atoms with Crippen LogP contribution in [0.15, 0.2) is 41.3 Å². The lowest BCUT2D eigenvalue weighted by Gasteiger charge is -2.13. The van der Waals surface area contributed by atoms with Crippen molar-refractivity contribution in [3.05, 3.63) is 46.5 Å². The number of carbonyl (C=O) groups is 1. The number of fused-ring (bicyclic) bond motifs is 1. The SMILES string of the molecule is CC(CCC(=O)O)NS(=O)(=O)c1ccc2c([N+](=O)[O-])cccc2c1. The van der Waals surface area contributed by atoms with E-state index in [0.29, 0.717) is 10.8 Å². The van der Waals surface area contributed by atoms with Gasteiger partial charge in [0.25, 0.3) is 5.69 Å². The predicted molar refractivity (Wildman–Crippen MR) is 87.3 cm³/mol. The standard InChI is InChI=1S/C15H16N2O6S/c1-10(5-8-15(18)19)16-24(22,23)12-6-7-13-11(9-12)3-2-4-14(13)17(20)21/h2-4,6-7,9-10,16H,5,8H2,1H3,(H,18,19). The summed E-state index contributed by atoms with van der Waals surface area (Å²) >= 11 is 0. The van der Waals surface area contributed by atoms with E-state index in [4.69, 9.17) is 5.11 Å². The zero-order valence-electron chi connectivity index (χ0n) is 12.8. The van der Waals surface area contributed by atoms with Crippen LogP contribution in [-0.4, -0.2) is 30.5 Å². The molecule has 0 aromatic heterocycles. The van der Waals surface area contributed by atoms with Crippen molar-refractivity contribution < 1.29 is 23.2 Å². The van der Waals surface area contributed by atoms with Gasteiger partial charge in [-0.2, -0.15) is 0 Å². The maximum atomic E-state index is 12.4. The number of carboxylic acid groups (broad SMARTS) is 1. The largest absolute Gasteiger partial charge is 0.481 e. The van der Waals surface area contributed by atoms with Gasteiger partial charge in [0.1, 0.15) is 0 Å². The summed E-state index contributed by atoms with van der Waals surface area (Å²) in [6.07, 6.45) is 0.0151. The van der Waals surface area contributed by atoms with Gasteiger partial charge in [-0.05, 0) is 36.9 Å². The first kappa shape index (κ1) is 17.8. The molecule has 24 heavy (non-hydrogen) atoms. The summed E-state index contributed by atoms with van der Waals surface area (Å²) in [6.45, 7) is 1.58. The maximum Gasteiger partial charge on any atom is 0.303 e. The number of hydrogen-bond donors (Lipinski definition) is 2. The molecule has 2 aromatic carbocycles. The van der Waals surface area contributed by atoms with Crippen LogP contribution in [0.4, 0.5) is 5.69 Å². The van der Waals surface area contributed by atoms with Gasteiger partial charge >= 0.3 is 5.97 Å². The summed E-state index contributed by atoms with van der Waals surface area (Å²) in [5, 5.41) is 20.4. The van der Waals surface area contributed by atoms with Gasteiger partial charge in [-0.1, -0.05) is 12.1 Å². The number of benzene rings is 2. The number of carboxylic acids is 1. The van der Waals surface area contributed by atoms with E-state index < -0.39 is 27.0 Å². The molecule has 2 rings (SSSR count). The van der Waals surface area contributed by atoms with Gasteiger partial charge in [0.15, 0.2) is 0 Å². The van der Waals surface area contributed by atoms with Gasteiger partial charge < -0.3 is 5.11 Å². The zero-order valence-corrected chi connectivity index (χ0v) is 13.6. The molecule has 0 fully saturated rings. The summed E-state index contributed by atoms with van der Waals surface area (Å²) in [4.78, 5) is 21.0. The first-order chi connectivity index (χ1) is 11.2. The van der Waals surface area contributed by atoms with E-state index in [1.54, 1.807) is 13.0 Å². The van der Waals surface area contributed by atoms with Crippen LogP contribution in [0, 0.1) is 10.1 Å². The molecule has 0 heterocycles. The van der Waals surface area contributed by atoms with E-state index >= 15 is 0 Å². The maximum absolute atomic E-state index is 12.4. The van der Waals surface area contributed by atoms with E-state index in [1.165, 1.54) is 30.3 Å². The third-order valence-corrected chi connectivity index (χ3v) is 5.07. The lowest BCUT2D eigenvalue weighted by molar-refractivity contribution is -0.383. The molecule has 2 N–H and O–H groups in total. The molecule has 128 valence electrons. The molecule has 0 radical (unpaired) electrons. The highest BCUT2D eigenvalue weighted by Gasteiger charge is 2.20. The second-order valence-corrected chi connectivity index (χ2v) is 7.09. The molecule has 0 aliphatic carbocycles. The van der Waals surface area contributed by atoms with E-state index in [1.807, 2.05) is 0 Å². The normalized spacial score (nSPS) is 12.9. The third-order valence-electron chi connectivity index (χ3n) is 3.48. The molecule has 9 heteroatoms. The van der Waals surface area contributed by atoms with E-state index in [2.05, 4.69) is 4.72 Å². The van der Waals surface area contributed by atoms with Crippen LogP contribution in [0.25, 0.3) is 10.8 Å². The number of nitrogens with zero attached hydrogens (tertiary/aromatic N) is 1. The molecular weight excluding hydrogens is 336 g/mol. The molecular formula is C15H16N2O6S. The lowest BCUT2D eigenvalue weighted by Crippen LogP contribution is -2.33. The monoisotopic (exact) mass is 352 g/mol. The average Bonchev–Trinajstić information content (AvgIpc) is 2.51. The fourth-order valence-corrected chi connectivity index (χ4v) is 3.62. The van der Waals surface area contributed by atoms with E-state index in [0.717, 1.165) is 0 Å². The molecule has 2 aromatic rings. The Morgan fingerprint density at radius 2 is 2.04 bits per heavy atom. The second-order valence-electron chi connectivity index (χ2n) is 5.37. The minimum Gasteiger partial charge on any atom is -0.481 e. The molecule has 1 unspecified atom stereocenters. The molecule has 0 bridgehead atoms. The molecule has 0 aliphatic heterocycles. The summed E-state index contributed by atoms with van der Waals surface area (Å²) in [5.74, 6) is -1.00. The summed E-state index contributed by atoms with van der Waals surface area (Å²) in [6, 6.07) is 7.92. The predicted octanol–water partition coefficient (Wildman–Crippen LogP) is 2.28. The van der Waals surface area contributed by atoms with Crippen molar-refractivity contribution >= 4 is 32.5 Å². The van der Waals surface area contributed by atoms with Crippen LogP contribution in [0.3, 0.4) is 0 Å². The number of aliphatic carboxylic acids is 1. The molecule has 8 nitrogen and oxygen atoms in total. The number of sulfonamides is 1. The Morgan fingerprint density at radius 1 is 1.33 bits per heavy atom. The smallest absolute Gasteiger partial charge is 0.303 e. The van der Waals surface area contributed by atoms with Gasteiger partial charge in [-0.15, -0.1) is 0 Å². The van der Waals surface area contributed by atoms with Crippen molar-refractivity contribution in [2.75, 3.05) is 0 Å². The topological polar surface area (TPSA) is 127 Å². The number of non-ortho nitro benzene ring substituents is 1.